The summed E-state index contributed by atoms with van der Waals surface area (Å²) in [6.07, 6.45) is 0. The first-order valence-electron chi connectivity index (χ1n) is 6.19. The topological polar surface area (TPSA) is 25.8 Å². The highest BCUT2D eigenvalue weighted by Gasteiger charge is 2.11. The van der Waals surface area contributed by atoms with Crippen molar-refractivity contribution in [1.82, 2.24) is 9.97 Å². The molecule has 3 rings (SSSR count). The minimum Gasteiger partial charge on any atom is -0.228 e. The van der Waals surface area contributed by atoms with Crippen molar-refractivity contribution >= 4 is 39.1 Å². The van der Waals surface area contributed by atoms with Crippen LogP contribution >= 0.6 is 39.1 Å². The van der Waals surface area contributed by atoms with Crippen LogP contribution in [0.5, 0.6) is 0 Å². The maximum absolute atomic E-state index is 6.14. The summed E-state index contributed by atoms with van der Waals surface area (Å²) in [6.45, 7) is 0. The summed E-state index contributed by atoms with van der Waals surface area (Å²) in [7, 11) is 0. The van der Waals surface area contributed by atoms with E-state index in [0.29, 0.717) is 16.0 Å². The Kier molecular flexibility index (Phi) is 4.24. The van der Waals surface area contributed by atoms with Crippen LogP contribution in [0.3, 0.4) is 0 Å². The Balaban J connectivity index is 2.16. The van der Waals surface area contributed by atoms with Crippen LogP contribution in [-0.2, 0) is 0 Å². The van der Waals surface area contributed by atoms with Gasteiger partial charge in [0.05, 0.1) is 5.69 Å². The molecular formula is C16H9BrCl2N2. The Morgan fingerprint density at radius 2 is 1.62 bits per heavy atom. The molecule has 0 N–H and O–H groups in total. The van der Waals surface area contributed by atoms with E-state index in [1.54, 1.807) is 12.1 Å². The minimum absolute atomic E-state index is 0.394. The zero-order valence-corrected chi connectivity index (χ0v) is 13.8. The second-order valence-electron chi connectivity index (χ2n) is 4.39. The first-order chi connectivity index (χ1) is 10.1. The number of halogens is 3. The largest absolute Gasteiger partial charge is 0.228 e. The van der Waals surface area contributed by atoms with E-state index in [2.05, 4.69) is 25.9 Å². The van der Waals surface area contributed by atoms with E-state index in [4.69, 9.17) is 23.2 Å². The number of hydrogen-bond acceptors (Lipinski definition) is 2. The molecule has 104 valence electrons. The number of hydrogen-bond donors (Lipinski definition) is 0. The first kappa shape index (κ1) is 14.5. The van der Waals surface area contributed by atoms with Crippen molar-refractivity contribution in [1.29, 1.82) is 0 Å². The molecule has 0 amide bonds. The summed E-state index contributed by atoms with van der Waals surface area (Å²) in [5, 5.41) is 1.02. The van der Waals surface area contributed by atoms with Crippen molar-refractivity contribution in [3.05, 3.63) is 69.2 Å². The van der Waals surface area contributed by atoms with E-state index in [1.807, 2.05) is 42.5 Å². The van der Waals surface area contributed by atoms with Gasteiger partial charge in [-0.2, -0.15) is 0 Å². The quantitative estimate of drug-likeness (QED) is 0.519. The average Bonchev–Trinajstić information content (AvgIpc) is 2.50. The van der Waals surface area contributed by atoms with Crippen molar-refractivity contribution in [2.24, 2.45) is 0 Å². The molecule has 0 spiro atoms. The van der Waals surface area contributed by atoms with Gasteiger partial charge in [0, 0.05) is 26.7 Å². The fraction of sp³-hybridized carbons (Fsp3) is 0. The van der Waals surface area contributed by atoms with Gasteiger partial charge >= 0.3 is 0 Å². The van der Waals surface area contributed by atoms with E-state index >= 15 is 0 Å². The van der Waals surface area contributed by atoms with E-state index in [0.717, 1.165) is 21.3 Å². The van der Waals surface area contributed by atoms with Crippen LogP contribution in [0.2, 0.25) is 10.2 Å². The predicted octanol–water partition coefficient (Wildman–Crippen LogP) is 5.88. The predicted molar refractivity (Wildman–Crippen MR) is 90.6 cm³/mol. The third-order valence-corrected chi connectivity index (χ3v) is 4.05. The van der Waals surface area contributed by atoms with Gasteiger partial charge in [0.2, 0.25) is 0 Å². The van der Waals surface area contributed by atoms with Crippen molar-refractivity contribution in [3.63, 3.8) is 0 Å². The molecule has 2 nitrogen and oxygen atoms in total. The van der Waals surface area contributed by atoms with Gasteiger partial charge in [-0.1, -0.05) is 69.5 Å². The lowest BCUT2D eigenvalue weighted by Gasteiger charge is -2.07. The second-order valence-corrected chi connectivity index (χ2v) is 6.07. The fourth-order valence-electron chi connectivity index (χ4n) is 1.96. The fourth-order valence-corrected chi connectivity index (χ4v) is 2.74. The maximum Gasteiger partial charge on any atom is 0.162 e. The molecule has 0 aliphatic carbocycles. The number of aromatic nitrogens is 2. The van der Waals surface area contributed by atoms with Gasteiger partial charge in [-0.05, 0) is 18.2 Å². The van der Waals surface area contributed by atoms with E-state index in [9.17, 15) is 0 Å². The highest BCUT2D eigenvalue weighted by molar-refractivity contribution is 9.10. The molecule has 0 fully saturated rings. The number of rotatable bonds is 2. The lowest BCUT2D eigenvalue weighted by Crippen LogP contribution is -1.94. The van der Waals surface area contributed by atoms with Gasteiger partial charge in [0.15, 0.2) is 5.82 Å². The Morgan fingerprint density at radius 1 is 0.857 bits per heavy atom. The molecule has 0 saturated carbocycles. The highest BCUT2D eigenvalue weighted by atomic mass is 79.9. The van der Waals surface area contributed by atoms with Gasteiger partial charge in [-0.3, -0.25) is 0 Å². The monoisotopic (exact) mass is 378 g/mol. The third-order valence-electron chi connectivity index (χ3n) is 2.93. The van der Waals surface area contributed by atoms with Crippen molar-refractivity contribution in [2.45, 2.75) is 0 Å². The minimum atomic E-state index is 0.394. The molecule has 0 unspecified atom stereocenters. The van der Waals surface area contributed by atoms with Gasteiger partial charge in [-0.25, -0.2) is 9.97 Å². The van der Waals surface area contributed by atoms with Gasteiger partial charge in [0.1, 0.15) is 5.15 Å². The van der Waals surface area contributed by atoms with Gasteiger partial charge in [0.25, 0.3) is 0 Å². The maximum atomic E-state index is 6.14. The summed E-state index contributed by atoms with van der Waals surface area (Å²) >= 11 is 15.7. The molecule has 0 aliphatic rings. The van der Waals surface area contributed by atoms with Crippen molar-refractivity contribution in [2.75, 3.05) is 0 Å². The van der Waals surface area contributed by atoms with Gasteiger partial charge in [-0.15, -0.1) is 0 Å². The molecule has 0 bridgehead atoms. The summed E-state index contributed by atoms with van der Waals surface area (Å²) in [5.41, 5.74) is 2.57. The molecule has 21 heavy (non-hydrogen) atoms. The molecule has 0 aliphatic heterocycles. The Hall–Kier alpha value is -1.42. The first-order valence-corrected chi connectivity index (χ1v) is 7.74. The zero-order chi connectivity index (χ0) is 14.8. The highest BCUT2D eigenvalue weighted by Crippen LogP contribution is 2.31. The molecule has 2 aromatic carbocycles. The smallest absolute Gasteiger partial charge is 0.162 e. The van der Waals surface area contributed by atoms with Crippen LogP contribution < -0.4 is 0 Å². The van der Waals surface area contributed by atoms with Crippen LogP contribution in [0.25, 0.3) is 22.6 Å². The van der Waals surface area contributed by atoms with Gasteiger partial charge < -0.3 is 0 Å². The molecule has 1 heterocycles. The molecule has 3 aromatic rings. The van der Waals surface area contributed by atoms with Crippen LogP contribution in [0, 0.1) is 0 Å². The summed E-state index contributed by atoms with van der Waals surface area (Å²) in [4.78, 5) is 8.89. The third kappa shape index (κ3) is 3.26. The zero-order valence-electron chi connectivity index (χ0n) is 10.7. The molecule has 5 heteroatoms. The van der Waals surface area contributed by atoms with Crippen LogP contribution in [0.1, 0.15) is 0 Å². The van der Waals surface area contributed by atoms with Crippen LogP contribution in [-0.4, -0.2) is 9.97 Å². The summed E-state index contributed by atoms with van der Waals surface area (Å²) in [6, 6.07) is 17.1. The second kappa shape index (κ2) is 6.14. The Labute approximate surface area is 140 Å². The van der Waals surface area contributed by atoms with E-state index in [-0.39, 0.29) is 0 Å². The molecule has 0 saturated heterocycles. The molecular weight excluding hydrogens is 371 g/mol. The van der Waals surface area contributed by atoms with Crippen molar-refractivity contribution < 1.29 is 0 Å². The number of nitrogens with zero attached hydrogens (tertiary/aromatic N) is 2. The van der Waals surface area contributed by atoms with Crippen LogP contribution in [0.4, 0.5) is 0 Å². The average molecular weight is 380 g/mol. The summed E-state index contributed by atoms with van der Waals surface area (Å²) < 4.78 is 0.869. The molecule has 0 atom stereocenters. The number of benzene rings is 2. The van der Waals surface area contributed by atoms with E-state index in [1.165, 1.54) is 0 Å². The van der Waals surface area contributed by atoms with Crippen molar-refractivity contribution in [3.8, 4) is 22.6 Å². The molecule has 1 aromatic heterocycles. The molecule has 0 radical (unpaired) electrons. The SMILES string of the molecule is Clc1ccc(Br)c(-c2nc(Cl)cc(-c3ccccc3)n2)c1. The lowest BCUT2D eigenvalue weighted by atomic mass is 10.1. The standard InChI is InChI=1S/C16H9BrCl2N2/c17-13-7-6-11(18)8-12(13)16-20-14(9-15(19)21-16)10-4-2-1-3-5-10/h1-9H. The lowest BCUT2D eigenvalue weighted by molar-refractivity contribution is 1.18. The Bertz CT molecular complexity index is 792. The van der Waals surface area contributed by atoms with E-state index < -0.39 is 0 Å². The van der Waals surface area contributed by atoms with Crippen LogP contribution in [0.15, 0.2) is 59.1 Å². The normalized spacial score (nSPS) is 10.6. The summed E-state index contributed by atoms with van der Waals surface area (Å²) in [5.74, 6) is 0.538. The Morgan fingerprint density at radius 3 is 2.38 bits per heavy atom.